The van der Waals surface area contributed by atoms with Gasteiger partial charge in [-0.15, -0.1) is 0 Å². The highest BCUT2D eigenvalue weighted by Crippen LogP contribution is 2.41. The van der Waals surface area contributed by atoms with Gasteiger partial charge in [0.25, 0.3) is 0 Å². The van der Waals surface area contributed by atoms with E-state index >= 15 is 0 Å². The highest BCUT2D eigenvalue weighted by molar-refractivity contribution is 6.27. The number of carboxylic acids is 2. The maximum Gasteiger partial charge on any atom is 0.414 e. The van der Waals surface area contributed by atoms with E-state index in [1.54, 1.807) is 12.4 Å². The first-order chi connectivity index (χ1) is 15.0. The number of nitrogens with zero attached hydrogens (tertiary/aromatic N) is 4. The molecular formula is C22H32N4O6. The monoisotopic (exact) mass is 448 g/mol. The number of carboxylic acid groups (broad SMARTS) is 2. The minimum absolute atomic E-state index is 0.0465. The lowest BCUT2D eigenvalue weighted by atomic mass is 9.77. The van der Waals surface area contributed by atoms with E-state index in [0.717, 1.165) is 38.0 Å². The van der Waals surface area contributed by atoms with Gasteiger partial charge in [-0.25, -0.2) is 9.59 Å². The summed E-state index contributed by atoms with van der Waals surface area (Å²) >= 11 is 0. The van der Waals surface area contributed by atoms with Crippen molar-refractivity contribution in [3.05, 3.63) is 30.1 Å². The van der Waals surface area contributed by atoms with E-state index in [4.69, 9.17) is 19.8 Å². The quantitative estimate of drug-likeness (QED) is 0.636. The van der Waals surface area contributed by atoms with Crippen molar-refractivity contribution in [1.82, 2.24) is 19.7 Å². The Hall–Kier alpha value is -3.01. The Morgan fingerprint density at radius 1 is 1.12 bits per heavy atom. The van der Waals surface area contributed by atoms with Gasteiger partial charge in [-0.3, -0.25) is 19.5 Å². The summed E-state index contributed by atoms with van der Waals surface area (Å²) in [5, 5.41) is 14.8. The van der Waals surface area contributed by atoms with E-state index in [2.05, 4.69) is 23.7 Å². The average molecular weight is 449 g/mol. The molecule has 2 fully saturated rings. The maximum atomic E-state index is 12.5. The van der Waals surface area contributed by atoms with E-state index in [1.165, 1.54) is 0 Å². The normalized spacial score (nSPS) is 17.5. The van der Waals surface area contributed by atoms with Crippen LogP contribution in [0.5, 0.6) is 0 Å². The Morgan fingerprint density at radius 3 is 2.19 bits per heavy atom. The van der Waals surface area contributed by atoms with E-state index in [-0.39, 0.29) is 17.2 Å². The molecule has 0 aliphatic carbocycles. The lowest BCUT2D eigenvalue weighted by Crippen LogP contribution is -2.47. The van der Waals surface area contributed by atoms with Gasteiger partial charge in [0.2, 0.25) is 11.8 Å². The fourth-order valence-corrected chi connectivity index (χ4v) is 3.90. The molecule has 0 unspecified atom stereocenters. The van der Waals surface area contributed by atoms with Crippen molar-refractivity contribution in [2.24, 2.45) is 5.41 Å². The molecule has 0 radical (unpaired) electrons. The van der Waals surface area contributed by atoms with Crippen molar-refractivity contribution in [2.75, 3.05) is 33.2 Å². The van der Waals surface area contributed by atoms with Gasteiger partial charge >= 0.3 is 11.9 Å². The molecule has 0 aromatic carbocycles. The van der Waals surface area contributed by atoms with Gasteiger partial charge in [-0.1, -0.05) is 0 Å². The predicted molar refractivity (Wildman–Crippen MR) is 116 cm³/mol. The molecular weight excluding hydrogens is 416 g/mol. The summed E-state index contributed by atoms with van der Waals surface area (Å²) in [6.07, 6.45) is 5.99. The van der Waals surface area contributed by atoms with Gasteiger partial charge in [0.05, 0.1) is 6.54 Å². The molecule has 1 spiro atoms. The third kappa shape index (κ3) is 7.01. The van der Waals surface area contributed by atoms with Crippen molar-refractivity contribution >= 4 is 23.8 Å². The lowest BCUT2D eigenvalue weighted by Gasteiger charge is -2.39. The number of piperidine rings is 1. The van der Waals surface area contributed by atoms with Gasteiger partial charge < -0.3 is 20.0 Å². The van der Waals surface area contributed by atoms with E-state index in [1.807, 2.05) is 29.0 Å². The summed E-state index contributed by atoms with van der Waals surface area (Å²) in [5.41, 5.74) is 1.17. The summed E-state index contributed by atoms with van der Waals surface area (Å²) in [6.45, 7) is 7.66. The number of hydrogen-bond donors (Lipinski definition) is 2. The number of likely N-dealkylation sites (tertiary alicyclic amines) is 2. The van der Waals surface area contributed by atoms with E-state index in [9.17, 15) is 9.59 Å². The number of aliphatic carboxylic acids is 2. The molecule has 32 heavy (non-hydrogen) atoms. The fraction of sp³-hybridized carbons (Fsp3) is 0.591. The standard InChI is InChI=1S/C20H30N4O2.C2H2O4/c1-16(2)22(3)14-19(26)23-10-6-20(7-11-23)12-18(25)24(15-20)13-17-4-8-21-9-5-17;3-1(4)2(5)6/h4-5,8-9,16H,6-7,10-15H2,1-3H3;(H,3,4)(H,5,6). The van der Waals surface area contributed by atoms with Crippen molar-refractivity contribution < 1.29 is 29.4 Å². The molecule has 1 aromatic rings. The molecule has 3 rings (SSSR count). The van der Waals surface area contributed by atoms with Crippen molar-refractivity contribution in [1.29, 1.82) is 0 Å². The number of pyridine rings is 1. The molecule has 0 atom stereocenters. The molecule has 3 heterocycles. The van der Waals surface area contributed by atoms with Crippen LogP contribution in [0.1, 0.15) is 38.7 Å². The van der Waals surface area contributed by atoms with Crippen molar-refractivity contribution in [2.45, 2.75) is 45.7 Å². The second-order valence-corrected chi connectivity index (χ2v) is 8.78. The second kappa shape index (κ2) is 11.0. The molecule has 2 amide bonds. The Balaban J connectivity index is 0.000000534. The minimum atomic E-state index is -1.82. The zero-order valence-electron chi connectivity index (χ0n) is 18.9. The van der Waals surface area contributed by atoms with Crippen LogP contribution in [0.15, 0.2) is 24.5 Å². The topological polar surface area (TPSA) is 131 Å². The summed E-state index contributed by atoms with van der Waals surface area (Å²) in [5.74, 6) is -3.21. The molecule has 2 saturated heterocycles. The Morgan fingerprint density at radius 2 is 1.69 bits per heavy atom. The van der Waals surface area contributed by atoms with Gasteiger partial charge in [0, 0.05) is 56.5 Å². The lowest BCUT2D eigenvalue weighted by molar-refractivity contribution is -0.159. The third-order valence-corrected chi connectivity index (χ3v) is 6.15. The number of amides is 2. The first kappa shape index (κ1) is 25.3. The van der Waals surface area contributed by atoms with E-state index in [0.29, 0.717) is 25.6 Å². The summed E-state index contributed by atoms with van der Waals surface area (Å²) in [4.78, 5) is 53.2. The molecule has 0 bridgehead atoms. The second-order valence-electron chi connectivity index (χ2n) is 8.78. The number of likely N-dealkylation sites (N-methyl/N-ethyl adjacent to an activating group) is 1. The zero-order chi connectivity index (χ0) is 23.9. The van der Waals surface area contributed by atoms with Crippen LogP contribution in [0.3, 0.4) is 0 Å². The van der Waals surface area contributed by atoms with Crippen molar-refractivity contribution in [3.8, 4) is 0 Å². The molecule has 0 saturated carbocycles. The van der Waals surface area contributed by atoms with Crippen LogP contribution in [0.2, 0.25) is 0 Å². The Bertz CT molecular complexity index is 809. The first-order valence-corrected chi connectivity index (χ1v) is 10.6. The smallest absolute Gasteiger partial charge is 0.414 e. The van der Waals surface area contributed by atoms with E-state index < -0.39 is 11.9 Å². The minimum Gasteiger partial charge on any atom is -0.473 e. The summed E-state index contributed by atoms with van der Waals surface area (Å²) < 4.78 is 0. The number of hydrogen-bond acceptors (Lipinski definition) is 6. The van der Waals surface area contributed by atoms with Gasteiger partial charge in [0.1, 0.15) is 0 Å². The van der Waals surface area contributed by atoms with Gasteiger partial charge in [-0.2, -0.15) is 0 Å². The molecule has 2 aliphatic rings. The summed E-state index contributed by atoms with van der Waals surface area (Å²) in [7, 11) is 1.99. The zero-order valence-corrected chi connectivity index (χ0v) is 18.9. The van der Waals surface area contributed by atoms with Crippen molar-refractivity contribution in [3.63, 3.8) is 0 Å². The van der Waals surface area contributed by atoms with Crippen LogP contribution in [-0.2, 0) is 25.7 Å². The van der Waals surface area contributed by atoms with Gasteiger partial charge in [0.15, 0.2) is 0 Å². The van der Waals surface area contributed by atoms with Gasteiger partial charge in [-0.05, 0) is 51.4 Å². The molecule has 2 N–H and O–H groups in total. The van der Waals surface area contributed by atoms with Crippen LogP contribution in [0.4, 0.5) is 0 Å². The first-order valence-electron chi connectivity index (χ1n) is 10.6. The van der Waals surface area contributed by atoms with Crippen LogP contribution >= 0.6 is 0 Å². The number of carbonyl (C=O) groups excluding carboxylic acids is 2. The third-order valence-electron chi connectivity index (χ3n) is 6.15. The molecule has 10 heteroatoms. The molecule has 10 nitrogen and oxygen atoms in total. The number of rotatable bonds is 5. The number of aromatic nitrogens is 1. The SMILES string of the molecule is CC(C)N(C)CC(=O)N1CCC2(CC1)CC(=O)N(Cc1ccncc1)C2.O=C(O)C(=O)O. The summed E-state index contributed by atoms with van der Waals surface area (Å²) in [6, 6.07) is 4.29. The highest BCUT2D eigenvalue weighted by atomic mass is 16.4. The Kier molecular flexibility index (Phi) is 8.71. The van der Waals surface area contributed by atoms with Crippen LogP contribution < -0.4 is 0 Å². The fourth-order valence-electron chi connectivity index (χ4n) is 3.90. The largest absolute Gasteiger partial charge is 0.473 e. The van der Waals surface area contributed by atoms with Crippen LogP contribution in [-0.4, -0.2) is 92.9 Å². The maximum absolute atomic E-state index is 12.5. The van der Waals surface area contributed by atoms with Crippen LogP contribution in [0.25, 0.3) is 0 Å². The van der Waals surface area contributed by atoms with Crippen LogP contribution in [0, 0.1) is 5.41 Å². The molecule has 176 valence electrons. The Labute approximate surface area is 187 Å². The highest BCUT2D eigenvalue weighted by Gasteiger charge is 2.45. The molecule has 1 aromatic heterocycles. The predicted octanol–water partition coefficient (Wildman–Crippen LogP) is 0.919. The molecule has 2 aliphatic heterocycles. The average Bonchev–Trinajstić information content (AvgIpc) is 3.03. The number of carbonyl (C=O) groups is 4.